The van der Waals surface area contributed by atoms with E-state index in [-0.39, 0.29) is 11.9 Å². The fourth-order valence-corrected chi connectivity index (χ4v) is 3.49. The number of aryl methyl sites for hydroxylation is 2. The molecular formula is C15H20N4O2S. The predicted octanol–water partition coefficient (Wildman–Crippen LogP) is 2.27. The number of rotatable bonds is 3. The maximum absolute atomic E-state index is 12.4. The first-order valence-electron chi connectivity index (χ1n) is 7.44. The van der Waals surface area contributed by atoms with E-state index in [1.54, 1.807) is 11.3 Å². The molecule has 3 heterocycles. The van der Waals surface area contributed by atoms with E-state index in [0.717, 1.165) is 31.1 Å². The molecule has 118 valence electrons. The topological polar surface area (TPSA) is 62.5 Å². The molecule has 1 fully saturated rings. The minimum atomic E-state index is 0.0856. The van der Waals surface area contributed by atoms with Crippen LogP contribution in [0.2, 0.25) is 0 Å². The van der Waals surface area contributed by atoms with Crippen molar-refractivity contribution < 1.29 is 9.32 Å². The maximum Gasteiger partial charge on any atom is 0.264 e. The summed E-state index contributed by atoms with van der Waals surface area (Å²) in [5.41, 5.74) is 0. The van der Waals surface area contributed by atoms with E-state index in [9.17, 15) is 4.79 Å². The SMILES string of the molecule is Cc1noc([C@@H](C)N2CCN(C(=O)c3ccc(C)s3)CC2)n1. The van der Waals surface area contributed by atoms with Gasteiger partial charge in [-0.3, -0.25) is 9.69 Å². The smallest absolute Gasteiger partial charge is 0.264 e. The molecule has 1 aliphatic rings. The zero-order valence-corrected chi connectivity index (χ0v) is 13.9. The van der Waals surface area contributed by atoms with Crippen molar-refractivity contribution in [1.82, 2.24) is 19.9 Å². The van der Waals surface area contributed by atoms with Crippen molar-refractivity contribution in [3.05, 3.63) is 33.6 Å². The number of carbonyl (C=O) groups is 1. The van der Waals surface area contributed by atoms with Gasteiger partial charge in [-0.05, 0) is 32.9 Å². The number of carbonyl (C=O) groups excluding carboxylic acids is 1. The Morgan fingerprint density at radius 3 is 2.55 bits per heavy atom. The van der Waals surface area contributed by atoms with Crippen LogP contribution in [0, 0.1) is 13.8 Å². The van der Waals surface area contributed by atoms with Crippen molar-refractivity contribution in [2.45, 2.75) is 26.8 Å². The Bertz CT molecular complexity index is 658. The molecule has 0 N–H and O–H groups in total. The Labute approximate surface area is 133 Å². The summed E-state index contributed by atoms with van der Waals surface area (Å²) >= 11 is 1.56. The molecule has 1 atom stereocenters. The van der Waals surface area contributed by atoms with E-state index >= 15 is 0 Å². The molecule has 0 radical (unpaired) electrons. The summed E-state index contributed by atoms with van der Waals surface area (Å²) in [7, 11) is 0. The van der Waals surface area contributed by atoms with Crippen LogP contribution in [0.4, 0.5) is 0 Å². The predicted molar refractivity (Wildman–Crippen MR) is 84.0 cm³/mol. The third-order valence-electron chi connectivity index (χ3n) is 4.00. The number of nitrogens with zero attached hydrogens (tertiary/aromatic N) is 4. The highest BCUT2D eigenvalue weighted by molar-refractivity contribution is 7.13. The third-order valence-corrected chi connectivity index (χ3v) is 4.99. The molecule has 0 unspecified atom stereocenters. The molecule has 7 heteroatoms. The van der Waals surface area contributed by atoms with Gasteiger partial charge in [0.2, 0.25) is 5.89 Å². The number of hydrogen-bond donors (Lipinski definition) is 0. The second-order valence-corrected chi connectivity index (χ2v) is 6.88. The van der Waals surface area contributed by atoms with Crippen molar-refractivity contribution in [3.8, 4) is 0 Å². The van der Waals surface area contributed by atoms with Crippen LogP contribution in [0.25, 0.3) is 0 Å². The van der Waals surface area contributed by atoms with Crippen LogP contribution in [-0.4, -0.2) is 52.0 Å². The number of amides is 1. The summed E-state index contributed by atoms with van der Waals surface area (Å²) in [4.78, 5) is 22.9. The molecule has 0 bridgehead atoms. The van der Waals surface area contributed by atoms with Gasteiger partial charge in [0.05, 0.1) is 10.9 Å². The molecule has 22 heavy (non-hydrogen) atoms. The van der Waals surface area contributed by atoms with E-state index in [4.69, 9.17) is 4.52 Å². The third kappa shape index (κ3) is 3.05. The van der Waals surface area contributed by atoms with Crippen molar-refractivity contribution in [2.24, 2.45) is 0 Å². The summed E-state index contributed by atoms with van der Waals surface area (Å²) in [6.07, 6.45) is 0. The van der Waals surface area contributed by atoms with Gasteiger partial charge in [0.15, 0.2) is 5.82 Å². The van der Waals surface area contributed by atoms with Gasteiger partial charge >= 0.3 is 0 Å². The minimum absolute atomic E-state index is 0.0856. The van der Waals surface area contributed by atoms with Crippen molar-refractivity contribution >= 4 is 17.2 Å². The highest BCUT2D eigenvalue weighted by Crippen LogP contribution is 2.22. The van der Waals surface area contributed by atoms with Gasteiger partial charge in [0.1, 0.15) is 0 Å². The van der Waals surface area contributed by atoms with Crippen LogP contribution in [0.1, 0.15) is 39.2 Å². The van der Waals surface area contributed by atoms with E-state index in [1.165, 1.54) is 4.88 Å². The van der Waals surface area contributed by atoms with E-state index in [1.807, 2.05) is 30.9 Å². The molecular weight excluding hydrogens is 300 g/mol. The quantitative estimate of drug-likeness (QED) is 0.868. The van der Waals surface area contributed by atoms with Gasteiger partial charge in [-0.15, -0.1) is 11.3 Å². The molecule has 3 rings (SSSR count). The largest absolute Gasteiger partial charge is 0.338 e. The van der Waals surface area contributed by atoms with Crippen LogP contribution in [-0.2, 0) is 0 Å². The fourth-order valence-electron chi connectivity index (χ4n) is 2.66. The highest BCUT2D eigenvalue weighted by atomic mass is 32.1. The normalized spacial score (nSPS) is 17.7. The Kier molecular flexibility index (Phi) is 4.26. The van der Waals surface area contributed by atoms with Gasteiger partial charge in [0.25, 0.3) is 5.91 Å². The zero-order chi connectivity index (χ0) is 15.7. The lowest BCUT2D eigenvalue weighted by molar-refractivity contribution is 0.0556. The lowest BCUT2D eigenvalue weighted by Gasteiger charge is -2.36. The van der Waals surface area contributed by atoms with Gasteiger partial charge < -0.3 is 9.42 Å². The summed E-state index contributed by atoms with van der Waals surface area (Å²) in [6.45, 7) is 9.00. The first-order chi connectivity index (χ1) is 10.5. The fraction of sp³-hybridized carbons (Fsp3) is 0.533. The van der Waals surface area contributed by atoms with Crippen LogP contribution >= 0.6 is 11.3 Å². The molecule has 2 aromatic heterocycles. The summed E-state index contributed by atoms with van der Waals surface area (Å²) in [5.74, 6) is 1.44. The number of aromatic nitrogens is 2. The van der Waals surface area contributed by atoms with E-state index < -0.39 is 0 Å². The maximum atomic E-state index is 12.4. The van der Waals surface area contributed by atoms with Crippen LogP contribution in [0.3, 0.4) is 0 Å². The van der Waals surface area contributed by atoms with Gasteiger partial charge in [-0.2, -0.15) is 4.98 Å². The number of thiophene rings is 1. The molecule has 2 aromatic rings. The first kappa shape index (κ1) is 15.2. The monoisotopic (exact) mass is 320 g/mol. The Morgan fingerprint density at radius 2 is 2.00 bits per heavy atom. The zero-order valence-electron chi connectivity index (χ0n) is 13.1. The molecule has 0 saturated carbocycles. The van der Waals surface area contributed by atoms with Crippen LogP contribution < -0.4 is 0 Å². The second-order valence-electron chi connectivity index (χ2n) is 5.59. The highest BCUT2D eigenvalue weighted by Gasteiger charge is 2.28. The minimum Gasteiger partial charge on any atom is -0.338 e. The Balaban J connectivity index is 1.59. The molecule has 0 aliphatic carbocycles. The average molecular weight is 320 g/mol. The van der Waals surface area contributed by atoms with Crippen molar-refractivity contribution in [3.63, 3.8) is 0 Å². The van der Waals surface area contributed by atoms with Crippen molar-refractivity contribution in [1.29, 1.82) is 0 Å². The molecule has 1 saturated heterocycles. The first-order valence-corrected chi connectivity index (χ1v) is 8.26. The van der Waals surface area contributed by atoms with Crippen LogP contribution in [0.5, 0.6) is 0 Å². The molecule has 0 spiro atoms. The lowest BCUT2D eigenvalue weighted by atomic mass is 10.2. The summed E-state index contributed by atoms with van der Waals surface area (Å²) < 4.78 is 5.24. The Hall–Kier alpha value is -1.73. The summed E-state index contributed by atoms with van der Waals surface area (Å²) in [6, 6.07) is 3.99. The van der Waals surface area contributed by atoms with Crippen LogP contribution in [0.15, 0.2) is 16.7 Å². The standard InChI is InChI=1S/C15H20N4O2S/c1-10-4-5-13(22-10)15(20)19-8-6-18(7-9-19)11(2)14-16-12(3)17-21-14/h4-5,11H,6-9H2,1-3H3/t11-/m1/s1. The van der Waals surface area contributed by atoms with E-state index in [2.05, 4.69) is 22.0 Å². The molecule has 6 nitrogen and oxygen atoms in total. The van der Waals surface area contributed by atoms with Gasteiger partial charge in [-0.1, -0.05) is 5.16 Å². The van der Waals surface area contributed by atoms with Crippen molar-refractivity contribution in [2.75, 3.05) is 26.2 Å². The number of hydrogen-bond acceptors (Lipinski definition) is 6. The van der Waals surface area contributed by atoms with Gasteiger partial charge in [-0.25, -0.2) is 0 Å². The second kappa shape index (κ2) is 6.18. The lowest BCUT2D eigenvalue weighted by Crippen LogP contribution is -2.49. The summed E-state index contributed by atoms with van der Waals surface area (Å²) in [5, 5.41) is 3.84. The Morgan fingerprint density at radius 1 is 1.27 bits per heavy atom. The number of piperazine rings is 1. The molecule has 1 amide bonds. The average Bonchev–Trinajstić information content (AvgIpc) is 3.14. The molecule has 0 aromatic carbocycles. The van der Waals surface area contributed by atoms with E-state index in [0.29, 0.717) is 11.7 Å². The molecule has 1 aliphatic heterocycles. The van der Waals surface area contributed by atoms with Gasteiger partial charge in [0, 0.05) is 31.1 Å².